The zero-order valence-corrected chi connectivity index (χ0v) is 11.4. The zero-order valence-electron chi connectivity index (χ0n) is 9.83. The van der Waals surface area contributed by atoms with Crippen LogP contribution in [0.2, 0.25) is 0 Å². The molecule has 0 aliphatic rings. The summed E-state index contributed by atoms with van der Waals surface area (Å²) in [4.78, 5) is 11.3. The fourth-order valence-corrected chi connectivity index (χ4v) is 1.91. The number of ketones is 1. The SMILES string of the molecule is COc1cc(C(C)=O)c(Br)cc1OC(C)C. The van der Waals surface area contributed by atoms with E-state index in [4.69, 9.17) is 9.47 Å². The molecule has 0 atom stereocenters. The summed E-state index contributed by atoms with van der Waals surface area (Å²) in [5, 5.41) is 0. The fourth-order valence-electron chi connectivity index (χ4n) is 1.31. The summed E-state index contributed by atoms with van der Waals surface area (Å²) in [5.74, 6) is 1.19. The molecular weight excluding hydrogens is 272 g/mol. The predicted molar refractivity (Wildman–Crippen MR) is 66.5 cm³/mol. The van der Waals surface area contributed by atoms with Gasteiger partial charge in [-0.3, -0.25) is 4.79 Å². The van der Waals surface area contributed by atoms with Gasteiger partial charge in [-0.1, -0.05) is 0 Å². The van der Waals surface area contributed by atoms with Crippen LogP contribution in [0.25, 0.3) is 0 Å². The number of methoxy groups -OCH3 is 1. The van der Waals surface area contributed by atoms with Crippen LogP contribution in [0.4, 0.5) is 0 Å². The number of halogens is 1. The van der Waals surface area contributed by atoms with Crippen LogP contribution in [0.1, 0.15) is 31.1 Å². The molecule has 0 unspecified atom stereocenters. The Hall–Kier alpha value is -1.03. The van der Waals surface area contributed by atoms with Crippen molar-refractivity contribution in [3.63, 3.8) is 0 Å². The number of carbonyl (C=O) groups is 1. The van der Waals surface area contributed by atoms with E-state index in [0.717, 1.165) is 4.47 Å². The molecule has 0 spiro atoms. The number of benzene rings is 1. The first-order valence-electron chi connectivity index (χ1n) is 5.00. The largest absolute Gasteiger partial charge is 0.493 e. The lowest BCUT2D eigenvalue weighted by molar-refractivity contribution is 0.101. The van der Waals surface area contributed by atoms with Crippen LogP contribution < -0.4 is 9.47 Å². The third-order valence-electron chi connectivity index (χ3n) is 2.00. The summed E-state index contributed by atoms with van der Waals surface area (Å²) in [6.45, 7) is 5.39. The van der Waals surface area contributed by atoms with E-state index in [-0.39, 0.29) is 11.9 Å². The van der Waals surface area contributed by atoms with Crippen LogP contribution in [-0.4, -0.2) is 19.0 Å². The highest BCUT2D eigenvalue weighted by Crippen LogP contribution is 2.34. The highest BCUT2D eigenvalue weighted by molar-refractivity contribution is 9.10. The average molecular weight is 287 g/mol. The molecule has 0 saturated heterocycles. The van der Waals surface area contributed by atoms with Crippen molar-refractivity contribution in [1.29, 1.82) is 0 Å². The van der Waals surface area contributed by atoms with E-state index in [0.29, 0.717) is 17.1 Å². The number of hydrogen-bond acceptors (Lipinski definition) is 3. The maximum absolute atomic E-state index is 11.3. The summed E-state index contributed by atoms with van der Waals surface area (Å²) >= 11 is 3.34. The second-order valence-corrected chi connectivity index (χ2v) is 4.56. The van der Waals surface area contributed by atoms with Gasteiger partial charge in [-0.25, -0.2) is 0 Å². The Bertz CT molecular complexity index is 399. The number of rotatable bonds is 4. The normalized spacial score (nSPS) is 10.4. The molecule has 0 bridgehead atoms. The number of ether oxygens (including phenoxy) is 2. The molecule has 0 heterocycles. The molecule has 3 nitrogen and oxygen atoms in total. The molecule has 0 aliphatic heterocycles. The van der Waals surface area contributed by atoms with Crippen LogP contribution in [0.3, 0.4) is 0 Å². The Morgan fingerprint density at radius 2 is 1.94 bits per heavy atom. The average Bonchev–Trinajstić information content (AvgIpc) is 2.16. The summed E-state index contributed by atoms with van der Waals surface area (Å²) in [5.41, 5.74) is 0.591. The van der Waals surface area contributed by atoms with E-state index in [1.54, 1.807) is 19.2 Å². The predicted octanol–water partition coefficient (Wildman–Crippen LogP) is 3.45. The van der Waals surface area contributed by atoms with E-state index in [2.05, 4.69) is 15.9 Å². The van der Waals surface area contributed by atoms with Crippen molar-refractivity contribution in [3.8, 4) is 11.5 Å². The topological polar surface area (TPSA) is 35.5 Å². The molecular formula is C12H15BrO3. The highest BCUT2D eigenvalue weighted by Gasteiger charge is 2.13. The third kappa shape index (κ3) is 2.98. The van der Waals surface area contributed by atoms with Crippen molar-refractivity contribution >= 4 is 21.7 Å². The maximum atomic E-state index is 11.3. The zero-order chi connectivity index (χ0) is 12.3. The van der Waals surface area contributed by atoms with E-state index >= 15 is 0 Å². The Morgan fingerprint density at radius 3 is 2.38 bits per heavy atom. The van der Waals surface area contributed by atoms with Gasteiger partial charge in [0.2, 0.25) is 0 Å². The van der Waals surface area contributed by atoms with Gasteiger partial charge in [0.25, 0.3) is 0 Å². The summed E-state index contributed by atoms with van der Waals surface area (Å²) in [7, 11) is 1.56. The number of carbonyl (C=O) groups excluding carboxylic acids is 1. The minimum Gasteiger partial charge on any atom is -0.493 e. The van der Waals surface area contributed by atoms with Gasteiger partial charge in [-0.05, 0) is 48.8 Å². The van der Waals surface area contributed by atoms with Gasteiger partial charge in [-0.15, -0.1) is 0 Å². The van der Waals surface area contributed by atoms with E-state index < -0.39 is 0 Å². The Labute approximate surface area is 104 Å². The van der Waals surface area contributed by atoms with Crippen LogP contribution in [-0.2, 0) is 0 Å². The maximum Gasteiger partial charge on any atom is 0.162 e. The lowest BCUT2D eigenvalue weighted by Gasteiger charge is -2.15. The molecule has 0 N–H and O–H groups in total. The third-order valence-corrected chi connectivity index (χ3v) is 2.65. The highest BCUT2D eigenvalue weighted by atomic mass is 79.9. The summed E-state index contributed by atoms with van der Waals surface area (Å²) < 4.78 is 11.5. The molecule has 0 aromatic heterocycles. The van der Waals surface area contributed by atoms with Crippen LogP contribution >= 0.6 is 15.9 Å². The van der Waals surface area contributed by atoms with Crippen molar-refractivity contribution in [1.82, 2.24) is 0 Å². The van der Waals surface area contributed by atoms with Crippen molar-refractivity contribution < 1.29 is 14.3 Å². The Kier molecular flexibility index (Phi) is 4.35. The van der Waals surface area contributed by atoms with Crippen LogP contribution in [0.5, 0.6) is 11.5 Å². The van der Waals surface area contributed by atoms with Crippen LogP contribution in [0, 0.1) is 0 Å². The van der Waals surface area contributed by atoms with Gasteiger partial charge in [0.15, 0.2) is 17.3 Å². The monoisotopic (exact) mass is 286 g/mol. The second kappa shape index (κ2) is 5.34. The molecule has 1 aromatic carbocycles. The molecule has 0 amide bonds. The fraction of sp³-hybridized carbons (Fsp3) is 0.417. The first-order valence-corrected chi connectivity index (χ1v) is 5.80. The quantitative estimate of drug-likeness (QED) is 0.796. The van der Waals surface area contributed by atoms with Gasteiger partial charge in [0.05, 0.1) is 13.2 Å². The van der Waals surface area contributed by atoms with E-state index in [1.807, 2.05) is 13.8 Å². The van der Waals surface area contributed by atoms with E-state index in [1.165, 1.54) is 6.92 Å². The van der Waals surface area contributed by atoms with Gasteiger partial charge in [-0.2, -0.15) is 0 Å². The molecule has 88 valence electrons. The van der Waals surface area contributed by atoms with Crippen molar-refractivity contribution in [2.24, 2.45) is 0 Å². The Morgan fingerprint density at radius 1 is 1.31 bits per heavy atom. The lowest BCUT2D eigenvalue weighted by Crippen LogP contribution is -2.07. The van der Waals surface area contributed by atoms with E-state index in [9.17, 15) is 4.79 Å². The van der Waals surface area contributed by atoms with Gasteiger partial charge in [0, 0.05) is 10.0 Å². The molecule has 0 radical (unpaired) electrons. The smallest absolute Gasteiger partial charge is 0.162 e. The number of Topliss-reactive ketones (excluding diaryl/α,β-unsaturated/α-hetero) is 1. The Balaban J connectivity index is 3.21. The molecule has 1 aromatic rings. The molecule has 0 aliphatic carbocycles. The van der Waals surface area contributed by atoms with Gasteiger partial charge in [0.1, 0.15) is 0 Å². The van der Waals surface area contributed by atoms with Crippen molar-refractivity contribution in [2.45, 2.75) is 26.9 Å². The lowest BCUT2D eigenvalue weighted by atomic mass is 10.1. The molecule has 4 heteroatoms. The van der Waals surface area contributed by atoms with Gasteiger partial charge < -0.3 is 9.47 Å². The minimum atomic E-state index is -0.0127. The molecule has 1 rings (SSSR count). The first-order chi connectivity index (χ1) is 7.45. The minimum absolute atomic E-state index is 0.0127. The summed E-state index contributed by atoms with van der Waals surface area (Å²) in [6.07, 6.45) is 0.0592. The molecule has 16 heavy (non-hydrogen) atoms. The van der Waals surface area contributed by atoms with Gasteiger partial charge >= 0.3 is 0 Å². The van der Waals surface area contributed by atoms with Crippen molar-refractivity contribution in [3.05, 3.63) is 22.2 Å². The summed E-state index contributed by atoms with van der Waals surface area (Å²) in [6, 6.07) is 3.44. The van der Waals surface area contributed by atoms with Crippen molar-refractivity contribution in [2.75, 3.05) is 7.11 Å². The standard InChI is InChI=1S/C12H15BrO3/c1-7(2)16-12-6-10(13)9(8(3)14)5-11(12)15-4/h5-7H,1-4H3. The molecule has 0 saturated carbocycles. The second-order valence-electron chi connectivity index (χ2n) is 3.71. The molecule has 0 fully saturated rings. The first kappa shape index (κ1) is 13.0. The van der Waals surface area contributed by atoms with Crippen LogP contribution in [0.15, 0.2) is 16.6 Å². The number of hydrogen-bond donors (Lipinski definition) is 0.